The zero-order valence-electron chi connectivity index (χ0n) is 14.6. The quantitative estimate of drug-likeness (QED) is 0.850. The zero-order valence-corrected chi connectivity index (χ0v) is 15.4. The number of carbonyl (C=O) groups excluding carboxylic acids is 1. The van der Waals surface area contributed by atoms with Crippen LogP contribution in [0.5, 0.6) is 0 Å². The average molecular weight is 365 g/mol. The fourth-order valence-electron chi connectivity index (χ4n) is 3.57. The second kappa shape index (κ2) is 7.85. The van der Waals surface area contributed by atoms with E-state index >= 15 is 0 Å². The molecule has 1 unspecified atom stereocenters. The third-order valence-electron chi connectivity index (χ3n) is 5.20. The van der Waals surface area contributed by atoms with Crippen LogP contribution in [0.3, 0.4) is 0 Å². The minimum absolute atomic E-state index is 0.0857. The van der Waals surface area contributed by atoms with Gasteiger partial charge in [-0.3, -0.25) is 4.79 Å². The first-order chi connectivity index (χ1) is 12.0. The van der Waals surface area contributed by atoms with Crippen molar-refractivity contribution in [2.75, 3.05) is 32.7 Å². The van der Waals surface area contributed by atoms with Gasteiger partial charge in [0, 0.05) is 26.2 Å². The van der Waals surface area contributed by atoms with Gasteiger partial charge in [-0.15, -0.1) is 0 Å². The Morgan fingerprint density at radius 1 is 1.08 bits per heavy atom. The molecule has 25 heavy (non-hydrogen) atoms. The molecular weight excluding hydrogens is 338 g/mol. The van der Waals surface area contributed by atoms with Crippen molar-refractivity contribution < 1.29 is 13.2 Å². The Hall–Kier alpha value is -1.44. The Morgan fingerprint density at radius 3 is 2.36 bits per heavy atom. The number of sulfonamides is 1. The predicted octanol–water partition coefficient (Wildman–Crippen LogP) is 1.21. The van der Waals surface area contributed by atoms with Crippen molar-refractivity contribution in [3.63, 3.8) is 0 Å². The van der Waals surface area contributed by atoms with Gasteiger partial charge in [0.15, 0.2) is 0 Å². The molecule has 1 aromatic rings. The number of nitrogens with two attached hydrogens (primary N) is 1. The van der Waals surface area contributed by atoms with Crippen LogP contribution in [0.2, 0.25) is 0 Å². The summed E-state index contributed by atoms with van der Waals surface area (Å²) in [6.45, 7) is 3.31. The molecule has 2 saturated heterocycles. The molecule has 2 aliphatic rings. The molecule has 2 N–H and O–H groups in total. The van der Waals surface area contributed by atoms with E-state index in [-0.39, 0.29) is 5.91 Å². The molecule has 6 nitrogen and oxygen atoms in total. The van der Waals surface area contributed by atoms with E-state index in [1.165, 1.54) is 0 Å². The number of hydrogen-bond donors (Lipinski definition) is 1. The summed E-state index contributed by atoms with van der Waals surface area (Å²) in [6.07, 6.45) is 4.21. The van der Waals surface area contributed by atoms with Crippen molar-refractivity contribution in [1.82, 2.24) is 9.21 Å². The Labute approximate surface area is 150 Å². The van der Waals surface area contributed by atoms with Crippen molar-refractivity contribution in [3.8, 4) is 0 Å². The van der Waals surface area contributed by atoms with E-state index in [1.54, 1.807) is 28.6 Å². The second-order valence-electron chi connectivity index (χ2n) is 7.02. The smallest absolute Gasteiger partial charge is 0.243 e. The van der Waals surface area contributed by atoms with Crippen LogP contribution in [0.25, 0.3) is 0 Å². The summed E-state index contributed by atoms with van der Waals surface area (Å²) in [5, 5.41) is 0. The molecule has 2 heterocycles. The van der Waals surface area contributed by atoms with Crippen LogP contribution in [0, 0.1) is 5.92 Å². The van der Waals surface area contributed by atoms with Gasteiger partial charge in [-0.05, 0) is 49.4 Å². The van der Waals surface area contributed by atoms with Gasteiger partial charge in [0.1, 0.15) is 0 Å². The lowest BCUT2D eigenvalue weighted by Gasteiger charge is -2.25. The molecule has 7 heteroatoms. The summed E-state index contributed by atoms with van der Waals surface area (Å²) in [4.78, 5) is 14.5. The van der Waals surface area contributed by atoms with E-state index in [0.717, 1.165) is 44.3 Å². The van der Waals surface area contributed by atoms with Gasteiger partial charge in [0.25, 0.3) is 0 Å². The predicted molar refractivity (Wildman–Crippen MR) is 96.5 cm³/mol. The van der Waals surface area contributed by atoms with E-state index < -0.39 is 10.0 Å². The molecule has 0 aliphatic carbocycles. The molecular formula is C18H27N3O3S. The normalized spacial score (nSPS) is 22.3. The maximum absolute atomic E-state index is 12.6. The van der Waals surface area contributed by atoms with Gasteiger partial charge >= 0.3 is 0 Å². The summed E-state index contributed by atoms with van der Waals surface area (Å²) < 4.78 is 26.8. The van der Waals surface area contributed by atoms with E-state index in [9.17, 15) is 13.2 Å². The first kappa shape index (κ1) is 18.4. The number of benzene rings is 1. The summed E-state index contributed by atoms with van der Waals surface area (Å²) in [5.41, 5.74) is 6.51. The van der Waals surface area contributed by atoms with Crippen LogP contribution in [-0.4, -0.2) is 56.3 Å². The summed E-state index contributed by atoms with van der Waals surface area (Å²) in [5.74, 6) is 0.489. The van der Waals surface area contributed by atoms with Crippen LogP contribution in [-0.2, 0) is 21.2 Å². The lowest BCUT2D eigenvalue weighted by molar-refractivity contribution is -0.129. The number of nitrogens with zero attached hydrogens (tertiary/aromatic N) is 2. The Morgan fingerprint density at radius 2 is 1.76 bits per heavy atom. The molecule has 138 valence electrons. The molecule has 2 fully saturated rings. The molecule has 1 aromatic carbocycles. The van der Waals surface area contributed by atoms with Crippen molar-refractivity contribution in [3.05, 3.63) is 29.8 Å². The Balaban J connectivity index is 1.63. The average Bonchev–Trinajstić information content (AvgIpc) is 3.12. The van der Waals surface area contributed by atoms with Crippen molar-refractivity contribution in [2.45, 2.75) is 37.0 Å². The highest BCUT2D eigenvalue weighted by molar-refractivity contribution is 7.89. The van der Waals surface area contributed by atoms with Gasteiger partial charge in [0.2, 0.25) is 15.9 Å². The molecule has 0 spiro atoms. The fourth-order valence-corrected chi connectivity index (χ4v) is 5.09. The molecule has 0 bridgehead atoms. The van der Waals surface area contributed by atoms with E-state index in [4.69, 9.17) is 5.73 Å². The molecule has 1 amide bonds. The standard InChI is InChI=1S/C18H27N3O3S/c19-13-16-8-11-20(14-16)18(22)12-15-4-6-17(7-5-15)25(23,24)21-9-2-1-3-10-21/h4-7,16H,1-3,8-14,19H2. The van der Waals surface area contributed by atoms with Gasteiger partial charge in [0.05, 0.1) is 11.3 Å². The SMILES string of the molecule is NCC1CCN(C(=O)Cc2ccc(S(=O)(=O)N3CCCCC3)cc2)C1. The summed E-state index contributed by atoms with van der Waals surface area (Å²) >= 11 is 0. The molecule has 1 atom stereocenters. The summed E-state index contributed by atoms with van der Waals surface area (Å²) in [6, 6.07) is 6.76. The highest BCUT2D eigenvalue weighted by atomic mass is 32.2. The lowest BCUT2D eigenvalue weighted by Crippen LogP contribution is -2.35. The van der Waals surface area contributed by atoms with Crippen LogP contribution in [0.15, 0.2) is 29.2 Å². The van der Waals surface area contributed by atoms with Crippen molar-refractivity contribution in [2.24, 2.45) is 11.7 Å². The first-order valence-corrected chi connectivity index (χ1v) is 10.5. The third-order valence-corrected chi connectivity index (χ3v) is 7.12. The second-order valence-corrected chi connectivity index (χ2v) is 8.95. The van der Waals surface area contributed by atoms with Crippen LogP contribution in [0.1, 0.15) is 31.2 Å². The van der Waals surface area contributed by atoms with E-state index in [1.807, 2.05) is 4.90 Å². The third kappa shape index (κ3) is 4.22. The fraction of sp³-hybridized carbons (Fsp3) is 0.611. The minimum Gasteiger partial charge on any atom is -0.342 e. The highest BCUT2D eigenvalue weighted by Gasteiger charge is 2.27. The van der Waals surface area contributed by atoms with Gasteiger partial charge in [-0.1, -0.05) is 18.6 Å². The zero-order chi connectivity index (χ0) is 17.9. The number of carbonyl (C=O) groups is 1. The molecule has 0 radical (unpaired) electrons. The topological polar surface area (TPSA) is 83.7 Å². The highest BCUT2D eigenvalue weighted by Crippen LogP contribution is 2.21. The first-order valence-electron chi connectivity index (χ1n) is 9.07. The molecule has 2 aliphatic heterocycles. The molecule has 3 rings (SSSR count). The lowest BCUT2D eigenvalue weighted by atomic mass is 10.1. The van der Waals surface area contributed by atoms with E-state index in [0.29, 0.717) is 36.9 Å². The molecule has 0 aromatic heterocycles. The summed E-state index contributed by atoms with van der Waals surface area (Å²) in [7, 11) is -3.41. The monoisotopic (exact) mass is 365 g/mol. The van der Waals surface area contributed by atoms with Crippen LogP contribution < -0.4 is 5.73 Å². The van der Waals surface area contributed by atoms with Gasteiger partial charge in [-0.25, -0.2) is 8.42 Å². The maximum atomic E-state index is 12.6. The number of amides is 1. The largest absolute Gasteiger partial charge is 0.342 e. The van der Waals surface area contributed by atoms with Gasteiger partial charge in [-0.2, -0.15) is 4.31 Å². The number of piperidine rings is 1. The Bertz CT molecular complexity index is 697. The number of rotatable bonds is 5. The molecule has 0 saturated carbocycles. The van der Waals surface area contributed by atoms with Crippen LogP contribution in [0.4, 0.5) is 0 Å². The van der Waals surface area contributed by atoms with Crippen LogP contribution >= 0.6 is 0 Å². The number of likely N-dealkylation sites (tertiary alicyclic amines) is 1. The van der Waals surface area contributed by atoms with Gasteiger partial charge < -0.3 is 10.6 Å². The van der Waals surface area contributed by atoms with Crippen molar-refractivity contribution in [1.29, 1.82) is 0 Å². The minimum atomic E-state index is -3.41. The Kier molecular flexibility index (Phi) is 5.76. The van der Waals surface area contributed by atoms with E-state index in [2.05, 4.69) is 0 Å². The maximum Gasteiger partial charge on any atom is 0.243 e. The number of hydrogen-bond acceptors (Lipinski definition) is 4. The van der Waals surface area contributed by atoms with Crippen molar-refractivity contribution >= 4 is 15.9 Å².